The van der Waals surface area contributed by atoms with Crippen molar-refractivity contribution >= 4 is 38.8 Å². The fourth-order valence-corrected chi connectivity index (χ4v) is 4.82. The average molecular weight is 467 g/mol. The summed E-state index contributed by atoms with van der Waals surface area (Å²) in [6.07, 6.45) is 1.58. The van der Waals surface area contributed by atoms with E-state index in [9.17, 15) is 22.0 Å². The van der Waals surface area contributed by atoms with Gasteiger partial charge in [0.25, 0.3) is 0 Å². The number of amides is 1. The molecule has 1 aromatic carbocycles. The molecule has 0 unspecified atom stereocenters. The molecule has 32 heavy (non-hydrogen) atoms. The molecule has 1 atom stereocenters. The molecule has 0 aliphatic carbocycles. The van der Waals surface area contributed by atoms with Crippen LogP contribution < -0.4 is 15.1 Å². The predicted molar refractivity (Wildman–Crippen MR) is 116 cm³/mol. The van der Waals surface area contributed by atoms with E-state index in [4.69, 9.17) is 9.72 Å². The van der Waals surface area contributed by atoms with Gasteiger partial charge in [0.05, 0.1) is 10.6 Å². The number of nitrogens with zero attached hydrogens (tertiary/aromatic N) is 3. The molecule has 0 spiro atoms. The number of ether oxygens (including phenoxy) is 1. The molecule has 8 nitrogen and oxygen atoms in total. The molecule has 3 heterocycles. The Bertz CT molecular complexity index is 1110. The fraction of sp³-hybridized carbons (Fsp3) is 0.429. The molecule has 1 aromatic heterocycles. The Hall–Kier alpha value is -2.79. The van der Waals surface area contributed by atoms with E-state index in [2.05, 4.69) is 5.32 Å². The van der Waals surface area contributed by atoms with Gasteiger partial charge in [0.1, 0.15) is 11.9 Å². The Morgan fingerprint density at radius 3 is 2.41 bits per heavy atom. The van der Waals surface area contributed by atoms with Crippen molar-refractivity contribution in [2.75, 3.05) is 35.4 Å². The second-order valence-electron chi connectivity index (χ2n) is 7.82. The van der Waals surface area contributed by atoms with Crippen LogP contribution in [0.25, 0.3) is 0 Å². The standard InChI is InChI=1S/C21H24F2N4O4S/c1-13-20(28)26(2)17-7-8-18(25-19(17)27(13)15-9-11-31-12-10-15)24-14-3-5-16(6-4-14)32(29,30)21(22)23/h3-8,13,15,21H,9-12H2,1-2H3,(H,24,25)/t13-/m1/s1. The monoisotopic (exact) mass is 466 g/mol. The van der Waals surface area contributed by atoms with Crippen molar-refractivity contribution in [3.05, 3.63) is 36.4 Å². The predicted octanol–water partition coefficient (Wildman–Crippen LogP) is 3.17. The van der Waals surface area contributed by atoms with Crippen LogP contribution in [0.15, 0.2) is 41.3 Å². The van der Waals surface area contributed by atoms with Crippen molar-refractivity contribution in [1.82, 2.24) is 4.98 Å². The van der Waals surface area contributed by atoms with Gasteiger partial charge in [-0.1, -0.05) is 0 Å². The van der Waals surface area contributed by atoms with Crippen LogP contribution in [0.1, 0.15) is 19.8 Å². The molecule has 1 N–H and O–H groups in total. The minimum Gasteiger partial charge on any atom is -0.381 e. The van der Waals surface area contributed by atoms with E-state index in [0.29, 0.717) is 36.2 Å². The number of rotatable bonds is 5. The zero-order chi connectivity index (χ0) is 23.0. The number of pyridine rings is 1. The SMILES string of the molecule is C[C@@H]1C(=O)N(C)c2ccc(Nc3ccc(S(=O)(=O)C(F)F)cc3)nc2N1C1CCOCC1. The van der Waals surface area contributed by atoms with Crippen LogP contribution in [0.4, 0.5) is 31.8 Å². The van der Waals surface area contributed by atoms with Gasteiger partial charge in [0.15, 0.2) is 5.82 Å². The fourth-order valence-electron chi connectivity index (χ4n) is 4.10. The highest BCUT2D eigenvalue weighted by Crippen LogP contribution is 2.38. The van der Waals surface area contributed by atoms with E-state index in [1.54, 1.807) is 24.1 Å². The number of likely N-dealkylation sites (N-methyl/N-ethyl adjacent to an activating group) is 1. The van der Waals surface area contributed by atoms with Crippen molar-refractivity contribution in [3.8, 4) is 0 Å². The highest BCUT2D eigenvalue weighted by molar-refractivity contribution is 7.91. The Balaban J connectivity index is 1.64. The van der Waals surface area contributed by atoms with Crippen molar-refractivity contribution in [3.63, 3.8) is 0 Å². The van der Waals surface area contributed by atoms with Crippen LogP contribution in [0.5, 0.6) is 0 Å². The second kappa shape index (κ2) is 8.62. The molecular formula is C21H24F2N4O4S. The summed E-state index contributed by atoms with van der Waals surface area (Å²) in [6.45, 7) is 3.11. The lowest BCUT2D eigenvalue weighted by molar-refractivity contribution is -0.119. The smallest absolute Gasteiger partial charge is 0.341 e. The summed E-state index contributed by atoms with van der Waals surface area (Å²) < 4.78 is 54.1. The molecule has 1 amide bonds. The average Bonchev–Trinajstić information content (AvgIpc) is 2.78. The number of benzene rings is 1. The van der Waals surface area contributed by atoms with E-state index in [0.717, 1.165) is 25.0 Å². The molecule has 4 rings (SSSR count). The second-order valence-corrected chi connectivity index (χ2v) is 9.74. The number of hydrogen-bond donors (Lipinski definition) is 1. The van der Waals surface area contributed by atoms with E-state index in [1.807, 2.05) is 11.8 Å². The summed E-state index contributed by atoms with van der Waals surface area (Å²) in [5.41, 5.74) is 1.19. The lowest BCUT2D eigenvalue weighted by Gasteiger charge is -2.44. The van der Waals surface area contributed by atoms with E-state index in [1.165, 1.54) is 12.1 Å². The highest BCUT2D eigenvalue weighted by Gasteiger charge is 2.39. The third kappa shape index (κ3) is 4.02. The number of carbonyl (C=O) groups is 1. The van der Waals surface area contributed by atoms with Gasteiger partial charge in [-0.2, -0.15) is 8.78 Å². The molecular weight excluding hydrogens is 442 g/mol. The third-order valence-corrected chi connectivity index (χ3v) is 7.24. The lowest BCUT2D eigenvalue weighted by Crippen LogP contribution is -2.56. The maximum Gasteiger partial charge on any atom is 0.341 e. The molecule has 2 aromatic rings. The number of hydrogen-bond acceptors (Lipinski definition) is 7. The van der Waals surface area contributed by atoms with Crippen LogP contribution >= 0.6 is 0 Å². The summed E-state index contributed by atoms with van der Waals surface area (Å²) in [4.78, 5) is 20.7. The van der Waals surface area contributed by atoms with Gasteiger partial charge >= 0.3 is 5.76 Å². The van der Waals surface area contributed by atoms with Crippen molar-refractivity contribution in [1.29, 1.82) is 0 Å². The van der Waals surface area contributed by atoms with Crippen LogP contribution in [-0.2, 0) is 19.4 Å². The van der Waals surface area contributed by atoms with Gasteiger partial charge in [0.2, 0.25) is 15.7 Å². The minimum atomic E-state index is -4.65. The largest absolute Gasteiger partial charge is 0.381 e. The van der Waals surface area contributed by atoms with Gasteiger partial charge in [-0.25, -0.2) is 13.4 Å². The Labute approximate surface area is 185 Å². The topological polar surface area (TPSA) is 91.8 Å². The third-order valence-electron chi connectivity index (χ3n) is 5.84. The Morgan fingerprint density at radius 2 is 1.78 bits per heavy atom. The molecule has 2 aliphatic heterocycles. The Morgan fingerprint density at radius 1 is 1.12 bits per heavy atom. The highest BCUT2D eigenvalue weighted by atomic mass is 32.2. The molecule has 2 aliphatic rings. The van der Waals surface area contributed by atoms with Gasteiger partial charge in [-0.05, 0) is 56.2 Å². The maximum absolute atomic E-state index is 12.8. The molecule has 0 bridgehead atoms. The maximum atomic E-state index is 12.8. The minimum absolute atomic E-state index is 0.0117. The number of alkyl halides is 2. The van der Waals surface area contributed by atoms with Gasteiger partial charge in [0, 0.05) is 32.0 Å². The van der Waals surface area contributed by atoms with Crippen LogP contribution in [0.2, 0.25) is 0 Å². The van der Waals surface area contributed by atoms with Crippen LogP contribution in [0, 0.1) is 0 Å². The first kappa shape index (κ1) is 22.4. The van der Waals surface area contributed by atoms with Crippen molar-refractivity contribution in [2.45, 2.75) is 42.5 Å². The molecule has 11 heteroatoms. The van der Waals surface area contributed by atoms with Crippen LogP contribution in [0.3, 0.4) is 0 Å². The number of nitrogens with one attached hydrogen (secondary N) is 1. The molecule has 0 saturated carbocycles. The quantitative estimate of drug-likeness (QED) is 0.724. The summed E-state index contributed by atoms with van der Waals surface area (Å²) >= 11 is 0. The van der Waals surface area contributed by atoms with Crippen molar-refractivity contribution in [2.24, 2.45) is 0 Å². The van der Waals surface area contributed by atoms with E-state index in [-0.39, 0.29) is 18.0 Å². The zero-order valence-electron chi connectivity index (χ0n) is 17.7. The number of fused-ring (bicyclic) bond motifs is 1. The summed E-state index contributed by atoms with van der Waals surface area (Å²) in [5.74, 6) is -2.32. The lowest BCUT2D eigenvalue weighted by atomic mass is 10.0. The molecule has 1 saturated heterocycles. The summed E-state index contributed by atoms with van der Waals surface area (Å²) in [6, 6.07) is 8.33. The number of carbonyl (C=O) groups excluding carboxylic acids is 1. The first-order valence-electron chi connectivity index (χ1n) is 10.2. The van der Waals surface area contributed by atoms with Gasteiger partial charge in [-0.3, -0.25) is 4.79 Å². The van der Waals surface area contributed by atoms with Crippen LogP contribution in [-0.4, -0.2) is 57.4 Å². The van der Waals surface area contributed by atoms with Gasteiger partial charge in [-0.15, -0.1) is 0 Å². The summed E-state index contributed by atoms with van der Waals surface area (Å²) in [5, 5.41) is 3.08. The van der Waals surface area contributed by atoms with Crippen molar-refractivity contribution < 1.29 is 26.7 Å². The molecule has 1 fully saturated rings. The number of aromatic nitrogens is 1. The molecule has 172 valence electrons. The van der Waals surface area contributed by atoms with Gasteiger partial charge < -0.3 is 19.9 Å². The number of halogens is 2. The number of anilines is 4. The Kier molecular flexibility index (Phi) is 6.04. The zero-order valence-corrected chi connectivity index (χ0v) is 18.5. The molecule has 0 radical (unpaired) electrons. The number of sulfone groups is 1. The summed E-state index contributed by atoms with van der Waals surface area (Å²) in [7, 11) is -2.93. The van der Waals surface area contributed by atoms with E-state index < -0.39 is 20.5 Å². The van der Waals surface area contributed by atoms with E-state index >= 15 is 0 Å². The first-order valence-corrected chi connectivity index (χ1v) is 11.8. The normalized spacial score (nSPS) is 19.9. The first-order chi connectivity index (χ1) is 15.2.